The van der Waals surface area contributed by atoms with Crippen LogP contribution in [0.5, 0.6) is 0 Å². The predicted molar refractivity (Wildman–Crippen MR) is 72.6 cm³/mol. The lowest BCUT2D eigenvalue weighted by Gasteiger charge is -2.30. The lowest BCUT2D eigenvalue weighted by molar-refractivity contribution is -0.385. The standard InChI is InChI=1S/C14H19FN2O3/c15-12-5-10(6-13(7-12)17(18)19)9-20-14-4-2-1-3-11(14)8-16/h5-7,11,14H,1-4,8-9,16H2. The molecule has 1 fully saturated rings. The molecule has 20 heavy (non-hydrogen) atoms. The average Bonchev–Trinajstić information content (AvgIpc) is 2.44. The summed E-state index contributed by atoms with van der Waals surface area (Å²) >= 11 is 0. The predicted octanol–water partition coefficient (Wildman–Crippen LogP) is 2.77. The molecule has 1 aromatic carbocycles. The molecule has 1 aliphatic carbocycles. The van der Waals surface area contributed by atoms with E-state index in [2.05, 4.69) is 0 Å². The SMILES string of the molecule is NCC1CCCCC1OCc1cc(F)cc([N+](=O)[O-])c1. The third-order valence-corrected chi connectivity index (χ3v) is 3.76. The van der Waals surface area contributed by atoms with E-state index in [1.165, 1.54) is 12.1 Å². The molecule has 1 aromatic rings. The molecule has 1 aliphatic rings. The lowest BCUT2D eigenvalue weighted by Crippen LogP contribution is -2.33. The Hall–Kier alpha value is -1.53. The molecule has 0 amide bonds. The Morgan fingerprint density at radius 3 is 2.80 bits per heavy atom. The number of nitrogens with two attached hydrogens (primary N) is 1. The molecule has 0 saturated heterocycles. The summed E-state index contributed by atoms with van der Waals surface area (Å²) in [6.07, 6.45) is 4.32. The minimum absolute atomic E-state index is 0.0658. The second-order valence-corrected chi connectivity index (χ2v) is 5.20. The van der Waals surface area contributed by atoms with Gasteiger partial charge in [0.2, 0.25) is 0 Å². The largest absolute Gasteiger partial charge is 0.373 e. The van der Waals surface area contributed by atoms with Gasteiger partial charge in [0.1, 0.15) is 5.82 Å². The normalized spacial score (nSPS) is 22.7. The molecule has 0 spiro atoms. The fraction of sp³-hybridized carbons (Fsp3) is 0.571. The minimum atomic E-state index is -0.614. The molecule has 2 N–H and O–H groups in total. The van der Waals surface area contributed by atoms with Gasteiger partial charge in [-0.15, -0.1) is 0 Å². The van der Waals surface area contributed by atoms with E-state index in [1.54, 1.807) is 0 Å². The van der Waals surface area contributed by atoms with Crippen molar-refractivity contribution in [1.29, 1.82) is 0 Å². The summed E-state index contributed by atoms with van der Waals surface area (Å²) in [5.74, 6) is -0.288. The second kappa shape index (κ2) is 6.76. The number of nitro groups is 1. The van der Waals surface area contributed by atoms with Gasteiger partial charge in [-0.3, -0.25) is 10.1 Å². The van der Waals surface area contributed by atoms with E-state index in [-0.39, 0.29) is 18.4 Å². The summed E-state index contributed by atoms with van der Waals surface area (Å²) in [6, 6.07) is 3.53. The van der Waals surface area contributed by atoms with Crippen LogP contribution in [0.15, 0.2) is 18.2 Å². The van der Waals surface area contributed by atoms with Gasteiger partial charge in [0.15, 0.2) is 0 Å². The molecule has 2 atom stereocenters. The van der Waals surface area contributed by atoms with Crippen molar-refractivity contribution in [3.05, 3.63) is 39.7 Å². The Balaban J connectivity index is 2.01. The lowest BCUT2D eigenvalue weighted by atomic mass is 9.86. The van der Waals surface area contributed by atoms with E-state index in [1.807, 2.05) is 0 Å². The molecule has 1 saturated carbocycles. The molecular formula is C14H19FN2O3. The fourth-order valence-corrected chi connectivity index (χ4v) is 2.69. The van der Waals surface area contributed by atoms with Gasteiger partial charge in [-0.1, -0.05) is 12.8 Å². The van der Waals surface area contributed by atoms with Crippen molar-refractivity contribution >= 4 is 5.69 Å². The molecule has 0 aliphatic heterocycles. The number of hydrogen-bond donors (Lipinski definition) is 1. The van der Waals surface area contributed by atoms with E-state index < -0.39 is 10.7 Å². The Kier molecular flexibility index (Phi) is 5.03. The number of halogens is 1. The minimum Gasteiger partial charge on any atom is -0.373 e. The molecule has 0 heterocycles. The van der Waals surface area contributed by atoms with E-state index >= 15 is 0 Å². The number of nitrogens with zero attached hydrogens (tertiary/aromatic N) is 1. The summed E-state index contributed by atoms with van der Waals surface area (Å²) in [6.45, 7) is 0.758. The zero-order chi connectivity index (χ0) is 14.5. The Morgan fingerprint density at radius 1 is 1.35 bits per heavy atom. The van der Waals surface area contributed by atoms with Crippen molar-refractivity contribution in [1.82, 2.24) is 0 Å². The number of non-ortho nitro benzene ring substituents is 1. The van der Waals surface area contributed by atoms with Crippen LogP contribution in [0.1, 0.15) is 31.2 Å². The highest BCUT2D eigenvalue weighted by Gasteiger charge is 2.24. The molecular weight excluding hydrogens is 263 g/mol. The Morgan fingerprint density at radius 2 is 2.10 bits per heavy atom. The van der Waals surface area contributed by atoms with E-state index in [9.17, 15) is 14.5 Å². The molecule has 0 aromatic heterocycles. The number of benzene rings is 1. The van der Waals surface area contributed by atoms with Crippen LogP contribution in [0.25, 0.3) is 0 Å². The van der Waals surface area contributed by atoms with E-state index in [0.717, 1.165) is 31.7 Å². The van der Waals surface area contributed by atoms with Crippen molar-refractivity contribution in [2.24, 2.45) is 11.7 Å². The first-order valence-corrected chi connectivity index (χ1v) is 6.85. The first kappa shape index (κ1) is 14.9. The van der Waals surface area contributed by atoms with Crippen LogP contribution in [0.4, 0.5) is 10.1 Å². The van der Waals surface area contributed by atoms with Crippen molar-refractivity contribution < 1.29 is 14.1 Å². The molecule has 5 nitrogen and oxygen atoms in total. The van der Waals surface area contributed by atoms with Crippen LogP contribution >= 0.6 is 0 Å². The number of hydrogen-bond acceptors (Lipinski definition) is 4. The number of nitro benzene ring substituents is 1. The Labute approximate surface area is 117 Å². The van der Waals surface area contributed by atoms with E-state index in [0.29, 0.717) is 18.0 Å². The van der Waals surface area contributed by atoms with Gasteiger partial charge in [0.25, 0.3) is 5.69 Å². The maximum absolute atomic E-state index is 13.3. The van der Waals surface area contributed by atoms with Gasteiger partial charge in [0, 0.05) is 6.07 Å². The zero-order valence-corrected chi connectivity index (χ0v) is 11.3. The highest BCUT2D eigenvalue weighted by atomic mass is 19.1. The maximum Gasteiger partial charge on any atom is 0.272 e. The fourth-order valence-electron chi connectivity index (χ4n) is 2.69. The van der Waals surface area contributed by atoms with Crippen LogP contribution in [-0.2, 0) is 11.3 Å². The van der Waals surface area contributed by atoms with E-state index in [4.69, 9.17) is 10.5 Å². The highest BCUT2D eigenvalue weighted by molar-refractivity contribution is 5.34. The van der Waals surface area contributed by atoms with Gasteiger partial charge in [-0.25, -0.2) is 4.39 Å². The summed E-state index contributed by atoms with van der Waals surface area (Å²) < 4.78 is 19.1. The van der Waals surface area contributed by atoms with Crippen molar-refractivity contribution in [3.63, 3.8) is 0 Å². The summed E-state index contributed by atoms with van der Waals surface area (Å²) in [4.78, 5) is 10.1. The second-order valence-electron chi connectivity index (χ2n) is 5.20. The number of rotatable bonds is 5. The summed E-state index contributed by atoms with van der Waals surface area (Å²) in [5.41, 5.74) is 5.96. The number of ether oxygens (including phenoxy) is 1. The molecule has 2 rings (SSSR count). The smallest absolute Gasteiger partial charge is 0.272 e. The summed E-state index contributed by atoms with van der Waals surface area (Å²) in [7, 11) is 0. The van der Waals surface area contributed by atoms with Crippen molar-refractivity contribution in [2.45, 2.75) is 38.4 Å². The van der Waals surface area contributed by atoms with Crippen LogP contribution < -0.4 is 5.73 Å². The van der Waals surface area contributed by atoms with Gasteiger partial charge >= 0.3 is 0 Å². The monoisotopic (exact) mass is 282 g/mol. The van der Waals surface area contributed by atoms with Gasteiger partial charge in [-0.05, 0) is 36.9 Å². The molecule has 6 heteroatoms. The zero-order valence-electron chi connectivity index (χ0n) is 11.3. The summed E-state index contributed by atoms with van der Waals surface area (Å²) in [5, 5.41) is 10.7. The van der Waals surface area contributed by atoms with Crippen LogP contribution in [0.2, 0.25) is 0 Å². The maximum atomic E-state index is 13.3. The third-order valence-electron chi connectivity index (χ3n) is 3.76. The highest BCUT2D eigenvalue weighted by Crippen LogP contribution is 2.27. The quantitative estimate of drug-likeness (QED) is 0.665. The topological polar surface area (TPSA) is 78.4 Å². The molecule has 2 unspecified atom stereocenters. The first-order chi connectivity index (χ1) is 9.60. The van der Waals surface area contributed by atoms with Crippen LogP contribution in [-0.4, -0.2) is 17.6 Å². The third kappa shape index (κ3) is 3.74. The van der Waals surface area contributed by atoms with Gasteiger partial charge < -0.3 is 10.5 Å². The van der Waals surface area contributed by atoms with Crippen molar-refractivity contribution in [2.75, 3.05) is 6.54 Å². The molecule has 0 bridgehead atoms. The van der Waals surface area contributed by atoms with Crippen LogP contribution in [0.3, 0.4) is 0 Å². The molecule has 110 valence electrons. The molecule has 0 radical (unpaired) electrons. The van der Waals surface area contributed by atoms with Crippen LogP contribution in [0, 0.1) is 21.8 Å². The average molecular weight is 282 g/mol. The first-order valence-electron chi connectivity index (χ1n) is 6.85. The van der Waals surface area contributed by atoms with Gasteiger partial charge in [0.05, 0.1) is 23.7 Å². The van der Waals surface area contributed by atoms with Crippen molar-refractivity contribution in [3.8, 4) is 0 Å². The van der Waals surface area contributed by atoms with Gasteiger partial charge in [-0.2, -0.15) is 0 Å². The Bertz CT molecular complexity index is 481.